The van der Waals surface area contributed by atoms with Gasteiger partial charge in [0.15, 0.2) is 0 Å². The molecule has 0 radical (unpaired) electrons. The molecule has 8 heteroatoms. The molecule has 0 unspecified atom stereocenters. The number of aromatic nitrogens is 3. The molecule has 100 valence electrons. The van der Waals surface area contributed by atoms with Gasteiger partial charge in [-0.3, -0.25) is 10.1 Å². The van der Waals surface area contributed by atoms with Crippen LogP contribution in [0.15, 0.2) is 35.2 Å². The van der Waals surface area contributed by atoms with Gasteiger partial charge in [-0.1, -0.05) is 35.1 Å². The fraction of sp³-hybridized carbons (Fsp3) is 0. The number of carbonyl (C=O) groups excluding carboxylic acids is 1. The van der Waals surface area contributed by atoms with E-state index in [1.165, 1.54) is 22.7 Å². The number of nitrogens with one attached hydrogen (secondary N) is 1. The van der Waals surface area contributed by atoms with E-state index in [1.54, 1.807) is 23.0 Å². The predicted molar refractivity (Wildman–Crippen MR) is 80.4 cm³/mol. The van der Waals surface area contributed by atoms with Crippen LogP contribution in [0.25, 0.3) is 10.6 Å². The van der Waals surface area contributed by atoms with Crippen molar-refractivity contribution < 1.29 is 4.79 Å². The van der Waals surface area contributed by atoms with Gasteiger partial charge in [0, 0.05) is 16.0 Å². The van der Waals surface area contributed by atoms with Crippen LogP contribution in [0.1, 0.15) is 10.5 Å². The molecule has 0 fully saturated rings. The minimum Gasteiger partial charge on any atom is -0.295 e. The summed E-state index contributed by atoms with van der Waals surface area (Å²) in [5.74, 6) is -0.287. The number of carbonyl (C=O) groups is 1. The SMILES string of the molecule is O=C(Nc1nnc(-c2ccc(Cl)cc2)s1)c1cscn1. The molecule has 0 spiro atoms. The normalized spacial score (nSPS) is 10.4. The lowest BCUT2D eigenvalue weighted by atomic mass is 10.2. The average Bonchev–Trinajstić information content (AvgIpc) is 3.10. The van der Waals surface area contributed by atoms with Crippen molar-refractivity contribution in [2.24, 2.45) is 0 Å². The van der Waals surface area contributed by atoms with E-state index in [0.29, 0.717) is 15.8 Å². The van der Waals surface area contributed by atoms with E-state index in [2.05, 4.69) is 20.5 Å². The quantitative estimate of drug-likeness (QED) is 0.800. The van der Waals surface area contributed by atoms with Crippen LogP contribution < -0.4 is 5.32 Å². The Kier molecular flexibility index (Phi) is 3.72. The molecule has 0 saturated carbocycles. The Bertz CT molecular complexity index is 724. The molecular formula is C12H7ClN4OS2. The Morgan fingerprint density at radius 2 is 2.00 bits per heavy atom. The number of hydrogen-bond donors (Lipinski definition) is 1. The van der Waals surface area contributed by atoms with Crippen molar-refractivity contribution in [2.75, 3.05) is 5.32 Å². The fourth-order valence-corrected chi connectivity index (χ4v) is 2.87. The molecule has 20 heavy (non-hydrogen) atoms. The van der Waals surface area contributed by atoms with Crippen LogP contribution in [-0.4, -0.2) is 21.1 Å². The zero-order valence-electron chi connectivity index (χ0n) is 9.91. The highest BCUT2D eigenvalue weighted by molar-refractivity contribution is 7.18. The van der Waals surface area contributed by atoms with Crippen LogP contribution in [0.5, 0.6) is 0 Å². The van der Waals surface area contributed by atoms with Crippen molar-refractivity contribution in [1.82, 2.24) is 15.2 Å². The second-order valence-corrected chi connectivity index (χ2v) is 5.88. The minimum atomic E-state index is -0.287. The first kappa shape index (κ1) is 13.2. The van der Waals surface area contributed by atoms with Crippen LogP contribution in [0.2, 0.25) is 5.02 Å². The van der Waals surface area contributed by atoms with Crippen molar-refractivity contribution in [1.29, 1.82) is 0 Å². The second-order valence-electron chi connectivity index (χ2n) is 3.75. The monoisotopic (exact) mass is 322 g/mol. The first-order valence-corrected chi connectivity index (χ1v) is 7.65. The van der Waals surface area contributed by atoms with Gasteiger partial charge in [0.2, 0.25) is 5.13 Å². The highest BCUT2D eigenvalue weighted by atomic mass is 35.5. The van der Waals surface area contributed by atoms with E-state index < -0.39 is 0 Å². The summed E-state index contributed by atoms with van der Waals surface area (Å²) < 4.78 is 0. The summed E-state index contributed by atoms with van der Waals surface area (Å²) in [7, 11) is 0. The average molecular weight is 323 g/mol. The molecule has 1 aromatic carbocycles. The summed E-state index contributed by atoms with van der Waals surface area (Å²) in [5, 5.41) is 14.2. The molecule has 0 aliphatic rings. The molecule has 2 heterocycles. The molecule has 0 aliphatic heterocycles. The van der Waals surface area contributed by atoms with Crippen molar-refractivity contribution in [3.63, 3.8) is 0 Å². The molecule has 2 aromatic heterocycles. The lowest BCUT2D eigenvalue weighted by Crippen LogP contribution is -2.11. The number of amides is 1. The molecule has 0 saturated heterocycles. The molecular weight excluding hydrogens is 316 g/mol. The minimum absolute atomic E-state index is 0.287. The molecule has 0 aliphatic carbocycles. The molecule has 3 rings (SSSR count). The number of thiazole rings is 1. The summed E-state index contributed by atoms with van der Waals surface area (Å²) in [6.45, 7) is 0. The van der Waals surface area contributed by atoms with Crippen LogP contribution in [0, 0.1) is 0 Å². The molecule has 3 aromatic rings. The van der Waals surface area contributed by atoms with Gasteiger partial charge in [0.1, 0.15) is 10.7 Å². The maximum atomic E-state index is 11.8. The summed E-state index contributed by atoms with van der Waals surface area (Å²) in [5.41, 5.74) is 2.88. The van der Waals surface area contributed by atoms with Gasteiger partial charge >= 0.3 is 0 Å². The largest absolute Gasteiger partial charge is 0.295 e. The van der Waals surface area contributed by atoms with E-state index in [4.69, 9.17) is 11.6 Å². The third-order valence-electron chi connectivity index (χ3n) is 2.40. The van der Waals surface area contributed by atoms with Gasteiger partial charge in [-0.15, -0.1) is 21.5 Å². The van der Waals surface area contributed by atoms with Crippen molar-refractivity contribution in [3.05, 3.63) is 45.9 Å². The van der Waals surface area contributed by atoms with Gasteiger partial charge in [-0.25, -0.2) is 4.98 Å². The second kappa shape index (κ2) is 5.66. The highest BCUT2D eigenvalue weighted by Crippen LogP contribution is 2.27. The molecule has 1 amide bonds. The lowest BCUT2D eigenvalue weighted by Gasteiger charge is -1.96. The number of halogens is 1. The standard InChI is InChI=1S/C12H7ClN4OS2/c13-8-3-1-7(2-4-8)11-16-17-12(20-11)15-10(18)9-5-19-6-14-9/h1-6H,(H,15,17,18). The fourth-order valence-electron chi connectivity index (χ4n) is 1.47. The Hall–Kier alpha value is -1.83. The topological polar surface area (TPSA) is 67.8 Å². The lowest BCUT2D eigenvalue weighted by molar-refractivity contribution is 0.102. The van der Waals surface area contributed by atoms with Gasteiger partial charge < -0.3 is 0 Å². The van der Waals surface area contributed by atoms with Gasteiger partial charge in [0.05, 0.1) is 5.51 Å². The molecule has 0 atom stereocenters. The van der Waals surface area contributed by atoms with Crippen molar-refractivity contribution >= 4 is 45.3 Å². The van der Waals surface area contributed by atoms with Gasteiger partial charge in [0.25, 0.3) is 5.91 Å². The van der Waals surface area contributed by atoms with Crippen LogP contribution in [-0.2, 0) is 0 Å². The number of hydrogen-bond acceptors (Lipinski definition) is 6. The van der Waals surface area contributed by atoms with Crippen LogP contribution >= 0.6 is 34.3 Å². The summed E-state index contributed by atoms with van der Waals surface area (Å²) in [6.07, 6.45) is 0. The van der Waals surface area contributed by atoms with E-state index in [0.717, 1.165) is 10.6 Å². The van der Waals surface area contributed by atoms with E-state index in [1.807, 2.05) is 12.1 Å². The van der Waals surface area contributed by atoms with Crippen LogP contribution in [0.3, 0.4) is 0 Å². The third kappa shape index (κ3) is 2.84. The Balaban J connectivity index is 1.77. The Morgan fingerprint density at radius 3 is 2.70 bits per heavy atom. The summed E-state index contributed by atoms with van der Waals surface area (Å²) in [6, 6.07) is 7.28. The molecule has 1 N–H and O–H groups in total. The zero-order valence-corrected chi connectivity index (χ0v) is 12.3. The summed E-state index contributed by atoms with van der Waals surface area (Å²) in [4.78, 5) is 15.8. The maximum Gasteiger partial charge on any atom is 0.276 e. The molecule has 5 nitrogen and oxygen atoms in total. The smallest absolute Gasteiger partial charge is 0.276 e. The van der Waals surface area contributed by atoms with E-state index in [9.17, 15) is 4.79 Å². The number of nitrogens with zero attached hydrogens (tertiary/aromatic N) is 3. The van der Waals surface area contributed by atoms with Crippen LogP contribution in [0.4, 0.5) is 5.13 Å². The zero-order chi connectivity index (χ0) is 13.9. The number of rotatable bonds is 3. The number of benzene rings is 1. The van der Waals surface area contributed by atoms with Crippen molar-refractivity contribution in [2.45, 2.75) is 0 Å². The first-order chi connectivity index (χ1) is 9.72. The number of anilines is 1. The van der Waals surface area contributed by atoms with Gasteiger partial charge in [-0.05, 0) is 12.1 Å². The maximum absolute atomic E-state index is 11.8. The van der Waals surface area contributed by atoms with Crippen molar-refractivity contribution in [3.8, 4) is 10.6 Å². The Labute approximate surface area is 127 Å². The first-order valence-electron chi connectivity index (χ1n) is 5.51. The van der Waals surface area contributed by atoms with E-state index in [-0.39, 0.29) is 5.91 Å². The third-order valence-corrected chi connectivity index (χ3v) is 4.13. The highest BCUT2D eigenvalue weighted by Gasteiger charge is 2.12. The Morgan fingerprint density at radius 1 is 1.20 bits per heavy atom. The predicted octanol–water partition coefficient (Wildman–Crippen LogP) is 3.57. The van der Waals surface area contributed by atoms with E-state index >= 15 is 0 Å². The summed E-state index contributed by atoms with van der Waals surface area (Å²) >= 11 is 8.50. The van der Waals surface area contributed by atoms with Gasteiger partial charge in [-0.2, -0.15) is 0 Å². The molecule has 0 bridgehead atoms.